The molecule has 2 N–H and O–H groups in total. The van der Waals surface area contributed by atoms with Crippen LogP contribution in [0.4, 0.5) is 0 Å². The lowest BCUT2D eigenvalue weighted by Crippen LogP contribution is -2.50. The number of ether oxygens (including phenoxy) is 1. The van der Waals surface area contributed by atoms with Gasteiger partial charge in [0.05, 0.1) is 5.41 Å². The van der Waals surface area contributed by atoms with E-state index in [0.29, 0.717) is 39.1 Å². The Bertz CT molecular complexity index is 426. The van der Waals surface area contributed by atoms with Gasteiger partial charge >= 0.3 is 5.97 Å². The molecule has 0 aromatic carbocycles. The van der Waals surface area contributed by atoms with Gasteiger partial charge in [-0.05, 0) is 25.7 Å². The molecule has 1 fully saturated rings. The summed E-state index contributed by atoms with van der Waals surface area (Å²) >= 11 is 0. The van der Waals surface area contributed by atoms with Crippen LogP contribution in [0.3, 0.4) is 0 Å². The minimum absolute atomic E-state index is 0.0854. The van der Waals surface area contributed by atoms with E-state index in [2.05, 4.69) is 4.72 Å². The maximum atomic E-state index is 12.3. The molecule has 7 nitrogen and oxygen atoms in total. The molecule has 1 aliphatic rings. The summed E-state index contributed by atoms with van der Waals surface area (Å²) in [5.41, 5.74) is -1.06. The van der Waals surface area contributed by atoms with E-state index in [-0.39, 0.29) is 6.54 Å². The van der Waals surface area contributed by atoms with Crippen LogP contribution in [-0.4, -0.2) is 56.6 Å². The standard InChI is InChI=1S/C13H26N2O5S/c1-3-7-15(8-4-2)21(18,19)14-11-13(12(16)17)5-9-20-10-6-13/h14H,3-11H2,1-2H3,(H,16,17). The Morgan fingerprint density at radius 2 is 1.76 bits per heavy atom. The van der Waals surface area contributed by atoms with Gasteiger partial charge in [0.1, 0.15) is 0 Å². The zero-order valence-corrected chi connectivity index (χ0v) is 13.6. The summed E-state index contributed by atoms with van der Waals surface area (Å²) in [6, 6.07) is 0. The number of aliphatic carboxylic acids is 1. The molecule has 21 heavy (non-hydrogen) atoms. The lowest BCUT2D eigenvalue weighted by atomic mass is 9.80. The third-order valence-electron chi connectivity index (χ3n) is 3.78. The number of carboxylic acids is 1. The van der Waals surface area contributed by atoms with Crippen molar-refractivity contribution in [1.29, 1.82) is 0 Å². The molecule has 0 amide bonds. The third-order valence-corrected chi connectivity index (χ3v) is 5.34. The molecular formula is C13H26N2O5S. The van der Waals surface area contributed by atoms with Crippen LogP contribution in [0, 0.1) is 5.41 Å². The summed E-state index contributed by atoms with van der Waals surface area (Å²) in [6.07, 6.45) is 2.09. The predicted molar refractivity (Wildman–Crippen MR) is 79.2 cm³/mol. The molecule has 0 bridgehead atoms. The number of hydrogen-bond donors (Lipinski definition) is 2. The summed E-state index contributed by atoms with van der Waals surface area (Å²) in [6.45, 7) is 5.31. The Balaban J connectivity index is 2.75. The maximum Gasteiger partial charge on any atom is 0.311 e. The highest BCUT2D eigenvalue weighted by molar-refractivity contribution is 7.87. The average molecular weight is 322 g/mol. The minimum Gasteiger partial charge on any atom is -0.481 e. The average Bonchev–Trinajstić information content (AvgIpc) is 2.46. The van der Waals surface area contributed by atoms with Crippen LogP contribution in [0.1, 0.15) is 39.5 Å². The molecule has 0 spiro atoms. The SMILES string of the molecule is CCCN(CCC)S(=O)(=O)NCC1(C(=O)O)CCOCC1. The van der Waals surface area contributed by atoms with Gasteiger partial charge in [-0.25, -0.2) is 4.72 Å². The first-order valence-corrected chi connectivity index (χ1v) is 8.88. The molecule has 0 radical (unpaired) electrons. The molecule has 0 saturated carbocycles. The van der Waals surface area contributed by atoms with E-state index in [0.717, 1.165) is 12.8 Å². The van der Waals surface area contributed by atoms with E-state index in [9.17, 15) is 18.3 Å². The lowest BCUT2D eigenvalue weighted by molar-refractivity contribution is -0.154. The normalized spacial score (nSPS) is 18.8. The van der Waals surface area contributed by atoms with E-state index in [1.807, 2.05) is 13.8 Å². The van der Waals surface area contributed by atoms with Crippen molar-refractivity contribution in [3.8, 4) is 0 Å². The molecule has 0 aliphatic carbocycles. The van der Waals surface area contributed by atoms with E-state index >= 15 is 0 Å². The van der Waals surface area contributed by atoms with Gasteiger partial charge in [0.15, 0.2) is 0 Å². The molecule has 124 valence electrons. The van der Waals surface area contributed by atoms with Crippen LogP contribution in [0.15, 0.2) is 0 Å². The van der Waals surface area contributed by atoms with E-state index in [4.69, 9.17) is 4.74 Å². The smallest absolute Gasteiger partial charge is 0.311 e. The molecule has 8 heteroatoms. The summed E-state index contributed by atoms with van der Waals surface area (Å²) in [5, 5.41) is 9.43. The van der Waals surface area contributed by atoms with Gasteiger partial charge in [0.25, 0.3) is 10.2 Å². The zero-order chi connectivity index (χ0) is 15.9. The van der Waals surface area contributed by atoms with Crippen molar-refractivity contribution in [3.63, 3.8) is 0 Å². The molecule has 1 heterocycles. The van der Waals surface area contributed by atoms with Gasteiger partial charge in [-0.1, -0.05) is 13.8 Å². The molecule has 0 unspecified atom stereocenters. The minimum atomic E-state index is -3.64. The van der Waals surface area contributed by atoms with Crippen molar-refractivity contribution < 1.29 is 23.1 Å². The van der Waals surface area contributed by atoms with Crippen LogP contribution in [0.5, 0.6) is 0 Å². The number of carboxylic acid groups (broad SMARTS) is 1. The van der Waals surface area contributed by atoms with E-state index in [1.165, 1.54) is 4.31 Å². The van der Waals surface area contributed by atoms with Crippen LogP contribution < -0.4 is 4.72 Å². The van der Waals surface area contributed by atoms with E-state index < -0.39 is 21.6 Å². The van der Waals surface area contributed by atoms with Crippen molar-refractivity contribution in [2.75, 3.05) is 32.8 Å². The molecule has 0 atom stereocenters. The summed E-state index contributed by atoms with van der Waals surface area (Å²) in [7, 11) is -3.64. The lowest BCUT2D eigenvalue weighted by Gasteiger charge is -2.33. The van der Waals surface area contributed by atoms with Gasteiger partial charge in [-0.3, -0.25) is 4.79 Å². The highest BCUT2D eigenvalue weighted by Crippen LogP contribution is 2.30. The predicted octanol–water partition coefficient (Wildman–Crippen LogP) is 0.824. The quantitative estimate of drug-likeness (QED) is 0.655. The van der Waals surface area contributed by atoms with Gasteiger partial charge in [-0.15, -0.1) is 0 Å². The Kier molecular flexibility index (Phi) is 7.05. The molecule has 1 saturated heterocycles. The largest absolute Gasteiger partial charge is 0.481 e. The number of carbonyl (C=O) groups is 1. The Morgan fingerprint density at radius 3 is 2.19 bits per heavy atom. The summed E-state index contributed by atoms with van der Waals surface area (Å²) in [5.74, 6) is -0.967. The first-order chi connectivity index (χ1) is 9.88. The third kappa shape index (κ3) is 4.91. The fourth-order valence-electron chi connectivity index (χ4n) is 2.40. The van der Waals surface area contributed by atoms with Crippen LogP contribution >= 0.6 is 0 Å². The Labute approximate surface area is 126 Å². The van der Waals surface area contributed by atoms with Crippen LogP contribution in [0.25, 0.3) is 0 Å². The van der Waals surface area contributed by atoms with Gasteiger partial charge in [0, 0.05) is 32.8 Å². The molecular weight excluding hydrogens is 296 g/mol. The second kappa shape index (κ2) is 8.07. The summed E-state index contributed by atoms with van der Waals surface area (Å²) < 4.78 is 33.7. The second-order valence-electron chi connectivity index (χ2n) is 5.42. The van der Waals surface area contributed by atoms with Gasteiger partial charge < -0.3 is 9.84 Å². The van der Waals surface area contributed by atoms with Crippen molar-refractivity contribution >= 4 is 16.2 Å². The summed E-state index contributed by atoms with van der Waals surface area (Å²) in [4.78, 5) is 11.5. The topological polar surface area (TPSA) is 95.9 Å². The number of nitrogens with one attached hydrogen (secondary N) is 1. The fourth-order valence-corrected chi connectivity index (χ4v) is 3.89. The monoisotopic (exact) mass is 322 g/mol. The molecule has 0 aromatic heterocycles. The molecule has 0 aromatic rings. The van der Waals surface area contributed by atoms with Gasteiger partial charge in [-0.2, -0.15) is 12.7 Å². The highest BCUT2D eigenvalue weighted by atomic mass is 32.2. The van der Waals surface area contributed by atoms with E-state index in [1.54, 1.807) is 0 Å². The second-order valence-corrected chi connectivity index (χ2v) is 7.18. The Hall–Kier alpha value is -0.700. The first-order valence-electron chi connectivity index (χ1n) is 7.44. The Morgan fingerprint density at radius 1 is 1.24 bits per heavy atom. The van der Waals surface area contributed by atoms with Crippen LogP contribution in [0.2, 0.25) is 0 Å². The number of hydrogen-bond acceptors (Lipinski definition) is 4. The van der Waals surface area contributed by atoms with Gasteiger partial charge in [0.2, 0.25) is 0 Å². The fraction of sp³-hybridized carbons (Fsp3) is 0.923. The number of rotatable bonds is 9. The van der Waals surface area contributed by atoms with Crippen molar-refractivity contribution in [3.05, 3.63) is 0 Å². The molecule has 1 rings (SSSR count). The highest BCUT2D eigenvalue weighted by Gasteiger charge is 2.41. The zero-order valence-electron chi connectivity index (χ0n) is 12.8. The number of nitrogens with zero attached hydrogens (tertiary/aromatic N) is 1. The van der Waals surface area contributed by atoms with Crippen molar-refractivity contribution in [1.82, 2.24) is 9.03 Å². The van der Waals surface area contributed by atoms with Crippen molar-refractivity contribution in [2.45, 2.75) is 39.5 Å². The van der Waals surface area contributed by atoms with Crippen molar-refractivity contribution in [2.24, 2.45) is 5.41 Å². The van der Waals surface area contributed by atoms with Crippen LogP contribution in [-0.2, 0) is 19.7 Å². The molecule has 1 aliphatic heterocycles. The first kappa shape index (κ1) is 18.3. The maximum absolute atomic E-state index is 12.3.